The van der Waals surface area contributed by atoms with Crippen molar-refractivity contribution in [3.63, 3.8) is 0 Å². The summed E-state index contributed by atoms with van der Waals surface area (Å²) in [7, 11) is 1.43. The maximum atomic E-state index is 11.6. The number of hydrogen-bond donors (Lipinski definition) is 1. The summed E-state index contributed by atoms with van der Waals surface area (Å²) in [6, 6.07) is 9.82. The minimum atomic E-state index is -0.222. The Labute approximate surface area is 115 Å². The van der Waals surface area contributed by atoms with Gasteiger partial charge < -0.3 is 10.1 Å². The van der Waals surface area contributed by atoms with Gasteiger partial charge in [-0.3, -0.25) is 4.79 Å². The van der Waals surface area contributed by atoms with Gasteiger partial charge in [-0.15, -0.1) is 12.4 Å². The van der Waals surface area contributed by atoms with Crippen molar-refractivity contribution in [2.24, 2.45) is 5.92 Å². The molecule has 1 rings (SSSR count). The molecule has 0 saturated heterocycles. The molecular formula is C14H22ClNO2. The van der Waals surface area contributed by atoms with Crippen LogP contribution in [-0.2, 0) is 16.1 Å². The largest absolute Gasteiger partial charge is 0.468 e. The molecule has 0 radical (unpaired) electrons. The minimum absolute atomic E-state index is 0. The van der Waals surface area contributed by atoms with Crippen LogP contribution in [0.25, 0.3) is 0 Å². The summed E-state index contributed by atoms with van der Waals surface area (Å²) in [4.78, 5) is 11.6. The summed E-state index contributed by atoms with van der Waals surface area (Å²) < 4.78 is 4.80. The Balaban J connectivity index is 0.00000289. The summed E-state index contributed by atoms with van der Waals surface area (Å²) in [5, 5.41) is 3.24. The van der Waals surface area contributed by atoms with Crippen LogP contribution in [0.2, 0.25) is 0 Å². The van der Waals surface area contributed by atoms with E-state index in [9.17, 15) is 4.79 Å². The van der Waals surface area contributed by atoms with Crippen LogP contribution in [-0.4, -0.2) is 19.1 Å². The number of esters is 1. The van der Waals surface area contributed by atoms with Gasteiger partial charge in [-0.05, 0) is 17.9 Å². The van der Waals surface area contributed by atoms with E-state index in [4.69, 9.17) is 4.74 Å². The zero-order valence-electron chi connectivity index (χ0n) is 11.2. The second-order valence-corrected chi connectivity index (χ2v) is 4.57. The lowest BCUT2D eigenvalue weighted by Crippen LogP contribution is -2.38. The molecule has 18 heavy (non-hydrogen) atoms. The van der Waals surface area contributed by atoms with E-state index in [1.54, 1.807) is 0 Å². The van der Waals surface area contributed by atoms with Crippen molar-refractivity contribution < 1.29 is 9.53 Å². The normalized spacial score (nSPS) is 11.8. The number of rotatable bonds is 6. The molecule has 0 spiro atoms. The van der Waals surface area contributed by atoms with Gasteiger partial charge in [-0.2, -0.15) is 0 Å². The molecule has 0 aliphatic carbocycles. The average molecular weight is 272 g/mol. The first-order chi connectivity index (χ1) is 8.13. The molecule has 0 bridgehead atoms. The van der Waals surface area contributed by atoms with Crippen molar-refractivity contribution in [1.82, 2.24) is 5.32 Å². The van der Waals surface area contributed by atoms with E-state index in [1.807, 2.05) is 30.3 Å². The highest BCUT2D eigenvalue weighted by Crippen LogP contribution is 2.07. The fraction of sp³-hybridized carbons (Fsp3) is 0.500. The molecule has 0 amide bonds. The molecule has 1 N–H and O–H groups in total. The second-order valence-electron chi connectivity index (χ2n) is 4.57. The summed E-state index contributed by atoms with van der Waals surface area (Å²) >= 11 is 0. The molecular weight excluding hydrogens is 250 g/mol. The number of ether oxygens (including phenoxy) is 1. The van der Waals surface area contributed by atoms with Crippen molar-refractivity contribution in [3.8, 4) is 0 Å². The number of benzene rings is 1. The van der Waals surface area contributed by atoms with Crippen LogP contribution in [0.15, 0.2) is 30.3 Å². The first-order valence-electron chi connectivity index (χ1n) is 5.98. The standard InChI is InChI=1S/C14H21NO2.ClH/c1-11(2)9-13(14(16)17-3)15-10-12-7-5-4-6-8-12;/h4-8,11,13,15H,9-10H2,1-3H3;1H/t13-;/m0./s1. The van der Waals surface area contributed by atoms with Gasteiger partial charge in [0.25, 0.3) is 0 Å². The highest BCUT2D eigenvalue weighted by Gasteiger charge is 2.19. The van der Waals surface area contributed by atoms with E-state index >= 15 is 0 Å². The van der Waals surface area contributed by atoms with Crippen LogP contribution in [0.1, 0.15) is 25.8 Å². The molecule has 0 fully saturated rings. The van der Waals surface area contributed by atoms with Gasteiger partial charge >= 0.3 is 5.97 Å². The minimum Gasteiger partial charge on any atom is -0.468 e. The van der Waals surface area contributed by atoms with E-state index in [1.165, 1.54) is 12.7 Å². The van der Waals surface area contributed by atoms with E-state index < -0.39 is 0 Å². The average Bonchev–Trinajstić information content (AvgIpc) is 2.34. The van der Waals surface area contributed by atoms with Crippen molar-refractivity contribution >= 4 is 18.4 Å². The molecule has 1 atom stereocenters. The van der Waals surface area contributed by atoms with Gasteiger partial charge in [0.1, 0.15) is 6.04 Å². The lowest BCUT2D eigenvalue weighted by Gasteiger charge is -2.18. The summed E-state index contributed by atoms with van der Waals surface area (Å²) in [5.74, 6) is 0.275. The third-order valence-corrected chi connectivity index (χ3v) is 2.59. The number of carbonyl (C=O) groups is 1. The van der Waals surface area contributed by atoms with E-state index in [0.717, 1.165) is 6.42 Å². The molecule has 0 aliphatic heterocycles. The Kier molecular flexibility index (Phi) is 8.42. The fourth-order valence-electron chi connectivity index (χ4n) is 1.71. The van der Waals surface area contributed by atoms with Crippen LogP contribution in [0.5, 0.6) is 0 Å². The summed E-state index contributed by atoms with van der Waals surface area (Å²) in [6.45, 7) is 4.88. The number of hydrogen-bond acceptors (Lipinski definition) is 3. The molecule has 0 heterocycles. The summed E-state index contributed by atoms with van der Waals surface area (Å²) in [6.07, 6.45) is 0.791. The van der Waals surface area contributed by atoms with Crippen LogP contribution >= 0.6 is 12.4 Å². The molecule has 3 nitrogen and oxygen atoms in total. The quantitative estimate of drug-likeness (QED) is 0.809. The Morgan fingerprint density at radius 2 is 1.89 bits per heavy atom. The number of halogens is 1. The Morgan fingerprint density at radius 1 is 1.28 bits per heavy atom. The van der Waals surface area contributed by atoms with Crippen LogP contribution in [0.3, 0.4) is 0 Å². The van der Waals surface area contributed by atoms with Crippen LogP contribution < -0.4 is 5.32 Å². The maximum absolute atomic E-state index is 11.6. The third kappa shape index (κ3) is 6.03. The smallest absolute Gasteiger partial charge is 0.322 e. The highest BCUT2D eigenvalue weighted by atomic mass is 35.5. The maximum Gasteiger partial charge on any atom is 0.322 e. The van der Waals surface area contributed by atoms with Gasteiger partial charge in [0.15, 0.2) is 0 Å². The summed E-state index contributed by atoms with van der Waals surface area (Å²) in [5.41, 5.74) is 1.17. The van der Waals surface area contributed by atoms with Gasteiger partial charge in [0.05, 0.1) is 7.11 Å². The first-order valence-corrected chi connectivity index (χ1v) is 5.98. The van der Waals surface area contributed by atoms with Crippen molar-refractivity contribution in [1.29, 1.82) is 0 Å². The van der Waals surface area contributed by atoms with Crippen molar-refractivity contribution in [2.75, 3.05) is 7.11 Å². The molecule has 102 valence electrons. The molecule has 0 unspecified atom stereocenters. The Bertz CT molecular complexity index is 341. The fourth-order valence-corrected chi connectivity index (χ4v) is 1.71. The molecule has 1 aromatic rings. The zero-order chi connectivity index (χ0) is 12.7. The van der Waals surface area contributed by atoms with E-state index in [2.05, 4.69) is 19.2 Å². The molecule has 0 aliphatic rings. The van der Waals surface area contributed by atoms with Gasteiger partial charge in [0.2, 0.25) is 0 Å². The van der Waals surface area contributed by atoms with Crippen LogP contribution in [0.4, 0.5) is 0 Å². The SMILES string of the molecule is COC(=O)[C@H](CC(C)C)NCc1ccccc1.Cl. The molecule has 1 aromatic carbocycles. The Hall–Kier alpha value is -1.06. The van der Waals surface area contributed by atoms with E-state index in [0.29, 0.717) is 12.5 Å². The predicted molar refractivity (Wildman–Crippen MR) is 75.8 cm³/mol. The third-order valence-electron chi connectivity index (χ3n) is 2.59. The topological polar surface area (TPSA) is 38.3 Å². The first kappa shape index (κ1) is 16.9. The monoisotopic (exact) mass is 271 g/mol. The van der Waals surface area contributed by atoms with Crippen molar-refractivity contribution in [3.05, 3.63) is 35.9 Å². The molecule has 0 aromatic heterocycles. The second kappa shape index (κ2) is 8.95. The van der Waals surface area contributed by atoms with Crippen LogP contribution in [0, 0.1) is 5.92 Å². The Morgan fingerprint density at radius 3 is 2.39 bits per heavy atom. The lowest BCUT2D eigenvalue weighted by molar-refractivity contribution is -0.143. The van der Waals surface area contributed by atoms with Gasteiger partial charge in [0, 0.05) is 6.54 Å². The van der Waals surface area contributed by atoms with E-state index in [-0.39, 0.29) is 24.4 Å². The number of nitrogens with one attached hydrogen (secondary N) is 1. The molecule has 0 saturated carbocycles. The van der Waals surface area contributed by atoms with Gasteiger partial charge in [-0.1, -0.05) is 44.2 Å². The lowest BCUT2D eigenvalue weighted by atomic mass is 10.0. The number of methoxy groups -OCH3 is 1. The van der Waals surface area contributed by atoms with Gasteiger partial charge in [-0.25, -0.2) is 0 Å². The van der Waals surface area contributed by atoms with Crippen molar-refractivity contribution in [2.45, 2.75) is 32.9 Å². The zero-order valence-corrected chi connectivity index (χ0v) is 12.0. The number of carbonyl (C=O) groups excluding carboxylic acids is 1. The highest BCUT2D eigenvalue weighted by molar-refractivity contribution is 5.85. The molecule has 4 heteroatoms. The predicted octanol–water partition coefficient (Wildman–Crippen LogP) is 2.79.